The minimum atomic E-state index is -3.73. The zero-order valence-corrected chi connectivity index (χ0v) is 13.9. The van der Waals surface area contributed by atoms with Gasteiger partial charge >= 0.3 is 0 Å². The second-order valence-corrected chi connectivity index (χ2v) is 7.13. The summed E-state index contributed by atoms with van der Waals surface area (Å²) in [6.07, 6.45) is -0.464. The Hall–Kier alpha value is -1.26. The first-order chi connectivity index (χ1) is 10.5. The molecule has 2 aromatic rings. The fraction of sp³-hybridized carbons (Fsp3) is 0.462. The molecule has 2 N–H and O–H groups in total. The topological polar surface area (TPSA) is 102 Å². The molecule has 2 heterocycles. The Morgan fingerprint density at radius 2 is 2.27 bits per heavy atom. The number of nitrogens with one attached hydrogen (secondary N) is 1. The molecule has 122 valence electrons. The number of rotatable bonds is 8. The van der Waals surface area contributed by atoms with Crippen LogP contribution in [0.3, 0.4) is 0 Å². The van der Waals surface area contributed by atoms with Crippen molar-refractivity contribution in [2.24, 2.45) is 0 Å². The van der Waals surface area contributed by atoms with Crippen LogP contribution in [0.2, 0.25) is 0 Å². The van der Waals surface area contributed by atoms with Crippen LogP contribution < -0.4 is 4.72 Å². The second kappa shape index (κ2) is 7.34. The van der Waals surface area contributed by atoms with Crippen molar-refractivity contribution in [1.29, 1.82) is 0 Å². The van der Waals surface area contributed by atoms with E-state index in [4.69, 9.17) is 14.4 Å². The highest BCUT2D eigenvalue weighted by molar-refractivity contribution is 7.89. The SMILES string of the molecule is Cc1noc(C)c1S(=O)(=O)NCC(OCCO)c1ccsc1. The van der Waals surface area contributed by atoms with E-state index in [2.05, 4.69) is 9.88 Å². The lowest BCUT2D eigenvalue weighted by Crippen LogP contribution is -2.30. The molecule has 2 aromatic heterocycles. The molecule has 0 saturated carbocycles. The predicted molar refractivity (Wildman–Crippen MR) is 81.3 cm³/mol. The highest BCUT2D eigenvalue weighted by Gasteiger charge is 2.25. The summed E-state index contributed by atoms with van der Waals surface area (Å²) >= 11 is 1.49. The molecular weight excluding hydrogens is 328 g/mol. The van der Waals surface area contributed by atoms with E-state index in [0.717, 1.165) is 5.56 Å². The van der Waals surface area contributed by atoms with Gasteiger partial charge in [0.15, 0.2) is 5.76 Å². The van der Waals surface area contributed by atoms with E-state index in [1.807, 2.05) is 16.8 Å². The highest BCUT2D eigenvalue weighted by atomic mass is 32.2. The molecule has 0 amide bonds. The maximum absolute atomic E-state index is 12.4. The molecule has 0 aliphatic carbocycles. The Morgan fingerprint density at radius 3 is 2.82 bits per heavy atom. The number of aliphatic hydroxyl groups is 1. The first-order valence-corrected chi connectivity index (χ1v) is 9.05. The summed E-state index contributed by atoms with van der Waals surface area (Å²) in [5.74, 6) is 0.244. The second-order valence-electron chi connectivity index (χ2n) is 4.64. The van der Waals surface area contributed by atoms with Crippen molar-refractivity contribution in [1.82, 2.24) is 9.88 Å². The molecule has 1 atom stereocenters. The molecule has 0 bridgehead atoms. The quantitative estimate of drug-likeness (QED) is 0.749. The van der Waals surface area contributed by atoms with Crippen molar-refractivity contribution in [2.45, 2.75) is 24.8 Å². The molecule has 2 rings (SSSR count). The Kier molecular flexibility index (Phi) is 5.70. The summed E-state index contributed by atoms with van der Waals surface area (Å²) in [5.41, 5.74) is 1.17. The zero-order valence-electron chi connectivity index (χ0n) is 12.3. The van der Waals surface area contributed by atoms with E-state index in [0.29, 0.717) is 5.69 Å². The van der Waals surface area contributed by atoms with Gasteiger partial charge in [0.05, 0.1) is 19.3 Å². The van der Waals surface area contributed by atoms with Crippen LogP contribution in [-0.2, 0) is 14.8 Å². The van der Waals surface area contributed by atoms with Gasteiger partial charge in [0.1, 0.15) is 10.6 Å². The van der Waals surface area contributed by atoms with Crippen LogP contribution in [0.5, 0.6) is 0 Å². The fourth-order valence-corrected chi connectivity index (χ4v) is 4.10. The Balaban J connectivity index is 2.11. The third kappa shape index (κ3) is 3.93. The van der Waals surface area contributed by atoms with Gasteiger partial charge in [0.2, 0.25) is 10.0 Å². The number of sulfonamides is 1. The number of hydrogen-bond donors (Lipinski definition) is 2. The minimum absolute atomic E-state index is 0.0544. The van der Waals surface area contributed by atoms with Gasteiger partial charge in [-0.15, -0.1) is 0 Å². The summed E-state index contributed by atoms with van der Waals surface area (Å²) in [6.45, 7) is 3.19. The van der Waals surface area contributed by atoms with Crippen LogP contribution >= 0.6 is 11.3 Å². The molecule has 0 spiro atoms. The molecule has 0 aliphatic rings. The average molecular weight is 346 g/mol. The van der Waals surface area contributed by atoms with Crippen LogP contribution in [0, 0.1) is 13.8 Å². The molecule has 0 fully saturated rings. The van der Waals surface area contributed by atoms with Crippen molar-refractivity contribution in [2.75, 3.05) is 19.8 Å². The molecule has 0 aliphatic heterocycles. The van der Waals surface area contributed by atoms with Crippen molar-refractivity contribution in [3.8, 4) is 0 Å². The van der Waals surface area contributed by atoms with Crippen LogP contribution in [0.1, 0.15) is 23.1 Å². The van der Waals surface area contributed by atoms with Crippen molar-refractivity contribution in [3.63, 3.8) is 0 Å². The third-order valence-electron chi connectivity index (χ3n) is 3.02. The number of thiophene rings is 1. The van der Waals surface area contributed by atoms with Crippen molar-refractivity contribution >= 4 is 21.4 Å². The smallest absolute Gasteiger partial charge is 0.246 e. The number of aryl methyl sites for hydroxylation is 2. The summed E-state index contributed by atoms with van der Waals surface area (Å²) in [5, 5.41) is 16.3. The van der Waals surface area contributed by atoms with Crippen molar-refractivity contribution in [3.05, 3.63) is 33.8 Å². The summed E-state index contributed by atoms with van der Waals surface area (Å²) in [6, 6.07) is 1.86. The zero-order chi connectivity index (χ0) is 16.2. The van der Waals surface area contributed by atoms with E-state index in [1.54, 1.807) is 13.8 Å². The van der Waals surface area contributed by atoms with Crippen LogP contribution in [0.4, 0.5) is 0 Å². The molecule has 0 saturated heterocycles. The monoisotopic (exact) mass is 346 g/mol. The van der Waals surface area contributed by atoms with Gasteiger partial charge in [-0.2, -0.15) is 11.3 Å². The lowest BCUT2D eigenvalue weighted by atomic mass is 10.2. The average Bonchev–Trinajstić information content (AvgIpc) is 3.09. The molecular formula is C13H18N2O5S2. The van der Waals surface area contributed by atoms with Gasteiger partial charge in [-0.3, -0.25) is 0 Å². The van der Waals surface area contributed by atoms with Crippen LogP contribution in [0.15, 0.2) is 26.2 Å². The minimum Gasteiger partial charge on any atom is -0.394 e. The van der Waals surface area contributed by atoms with Gasteiger partial charge in [-0.1, -0.05) is 5.16 Å². The summed E-state index contributed by atoms with van der Waals surface area (Å²) < 4.78 is 37.6. The van der Waals surface area contributed by atoms with Gasteiger partial charge in [0.25, 0.3) is 0 Å². The van der Waals surface area contributed by atoms with Gasteiger partial charge < -0.3 is 14.4 Å². The molecule has 9 heteroatoms. The predicted octanol–water partition coefficient (Wildman–Crippen LogP) is 1.38. The number of hydrogen-bond acceptors (Lipinski definition) is 7. The standard InChI is InChI=1S/C13H18N2O5S2/c1-9-13(10(2)20-15-9)22(17,18)14-7-12(19-5-4-16)11-3-6-21-8-11/h3,6,8,12,14,16H,4-5,7H2,1-2H3. The summed E-state index contributed by atoms with van der Waals surface area (Å²) in [7, 11) is -3.73. The fourth-order valence-electron chi connectivity index (χ4n) is 2.04. The van der Waals surface area contributed by atoms with Crippen molar-refractivity contribution < 1.29 is 22.8 Å². The third-order valence-corrected chi connectivity index (χ3v) is 5.39. The lowest BCUT2D eigenvalue weighted by molar-refractivity contribution is 0.0311. The van der Waals surface area contributed by atoms with Gasteiger partial charge in [-0.05, 0) is 36.2 Å². The maximum Gasteiger partial charge on any atom is 0.246 e. The van der Waals surface area contributed by atoms with Crippen LogP contribution in [-0.4, -0.2) is 38.4 Å². The van der Waals surface area contributed by atoms with Gasteiger partial charge in [-0.25, -0.2) is 13.1 Å². The molecule has 0 aromatic carbocycles. The van der Waals surface area contributed by atoms with Crippen LogP contribution in [0.25, 0.3) is 0 Å². The number of aromatic nitrogens is 1. The first-order valence-electron chi connectivity index (χ1n) is 6.63. The largest absolute Gasteiger partial charge is 0.394 e. The van der Waals surface area contributed by atoms with E-state index in [9.17, 15) is 8.42 Å². The maximum atomic E-state index is 12.4. The van der Waals surface area contributed by atoms with Gasteiger partial charge in [0, 0.05) is 6.54 Å². The first kappa shape index (κ1) is 17.1. The number of nitrogens with zero attached hydrogens (tertiary/aromatic N) is 1. The summed E-state index contributed by atoms with van der Waals surface area (Å²) in [4.78, 5) is 0.0544. The molecule has 0 radical (unpaired) electrons. The molecule has 22 heavy (non-hydrogen) atoms. The Labute approximate surface area is 133 Å². The Morgan fingerprint density at radius 1 is 1.50 bits per heavy atom. The van der Waals surface area contributed by atoms with E-state index >= 15 is 0 Å². The molecule has 7 nitrogen and oxygen atoms in total. The Bertz CT molecular complexity index is 675. The van der Waals surface area contributed by atoms with E-state index in [1.165, 1.54) is 11.3 Å². The van der Waals surface area contributed by atoms with E-state index < -0.39 is 16.1 Å². The highest BCUT2D eigenvalue weighted by Crippen LogP contribution is 2.22. The normalized spacial score (nSPS) is 13.4. The van der Waals surface area contributed by atoms with E-state index in [-0.39, 0.29) is 30.4 Å². The lowest BCUT2D eigenvalue weighted by Gasteiger charge is -2.17. The number of aliphatic hydroxyl groups excluding tert-OH is 1. The number of ether oxygens (including phenoxy) is 1. The molecule has 1 unspecified atom stereocenters.